The molecule has 1 aliphatic heterocycles. The Balaban J connectivity index is 2.03. The van der Waals surface area contributed by atoms with Gasteiger partial charge in [-0.1, -0.05) is 13.8 Å². The second-order valence-corrected chi connectivity index (χ2v) is 5.03. The molecule has 3 heterocycles. The van der Waals surface area contributed by atoms with Crippen LogP contribution in [0, 0.1) is 0 Å². The first-order valence-corrected chi connectivity index (χ1v) is 7.40. The van der Waals surface area contributed by atoms with Gasteiger partial charge in [-0.2, -0.15) is 4.52 Å². The summed E-state index contributed by atoms with van der Waals surface area (Å²) in [6, 6.07) is 2.04. The first kappa shape index (κ1) is 13.3. The molecule has 2 aromatic heterocycles. The first-order chi connectivity index (χ1) is 9.81. The maximum absolute atomic E-state index is 5.41. The number of ether oxygens (including phenoxy) is 1. The Morgan fingerprint density at radius 2 is 2.00 bits per heavy atom. The van der Waals surface area contributed by atoms with Crippen LogP contribution < -0.4 is 4.90 Å². The topological polar surface area (TPSA) is 55.5 Å². The van der Waals surface area contributed by atoms with Gasteiger partial charge in [-0.05, 0) is 6.42 Å². The number of aryl methyl sites for hydroxylation is 2. The summed E-state index contributed by atoms with van der Waals surface area (Å²) in [5.41, 5.74) is 0.904. The van der Waals surface area contributed by atoms with Crippen LogP contribution in [0.15, 0.2) is 6.07 Å². The summed E-state index contributed by atoms with van der Waals surface area (Å²) in [7, 11) is 0. The van der Waals surface area contributed by atoms with Gasteiger partial charge in [0.1, 0.15) is 11.6 Å². The Morgan fingerprint density at radius 1 is 1.20 bits per heavy atom. The number of nitrogens with zero attached hydrogens (tertiary/aromatic N) is 5. The van der Waals surface area contributed by atoms with Crippen molar-refractivity contribution in [3.63, 3.8) is 0 Å². The van der Waals surface area contributed by atoms with Crippen molar-refractivity contribution in [1.29, 1.82) is 0 Å². The van der Waals surface area contributed by atoms with Crippen molar-refractivity contribution < 1.29 is 4.74 Å². The van der Waals surface area contributed by atoms with Crippen molar-refractivity contribution in [1.82, 2.24) is 19.6 Å². The molecule has 1 aliphatic rings. The third-order valence-electron chi connectivity index (χ3n) is 3.55. The van der Waals surface area contributed by atoms with E-state index in [2.05, 4.69) is 28.8 Å². The molecule has 0 atom stereocenters. The highest BCUT2D eigenvalue weighted by Gasteiger charge is 2.16. The minimum absolute atomic E-state index is 0.767. The molecule has 3 rings (SSSR count). The largest absolute Gasteiger partial charge is 0.378 e. The lowest BCUT2D eigenvalue weighted by Gasteiger charge is -2.28. The monoisotopic (exact) mass is 275 g/mol. The molecule has 2 aromatic rings. The van der Waals surface area contributed by atoms with Crippen molar-refractivity contribution in [3.8, 4) is 0 Å². The van der Waals surface area contributed by atoms with Crippen LogP contribution in [0.4, 0.5) is 5.82 Å². The van der Waals surface area contributed by atoms with Gasteiger partial charge >= 0.3 is 0 Å². The van der Waals surface area contributed by atoms with Gasteiger partial charge in [-0.3, -0.25) is 0 Å². The number of aromatic nitrogens is 4. The first-order valence-electron chi connectivity index (χ1n) is 7.40. The van der Waals surface area contributed by atoms with Crippen molar-refractivity contribution in [2.45, 2.75) is 33.1 Å². The highest BCUT2D eigenvalue weighted by Crippen LogP contribution is 2.17. The molecule has 0 radical (unpaired) electrons. The molecule has 0 saturated carbocycles. The van der Waals surface area contributed by atoms with E-state index < -0.39 is 0 Å². The average Bonchev–Trinajstić information content (AvgIpc) is 2.92. The number of anilines is 1. The zero-order valence-electron chi connectivity index (χ0n) is 12.2. The van der Waals surface area contributed by atoms with Crippen LogP contribution in [0.3, 0.4) is 0 Å². The Morgan fingerprint density at radius 3 is 2.70 bits per heavy atom. The molecule has 0 amide bonds. The molecule has 0 spiro atoms. The quantitative estimate of drug-likeness (QED) is 0.846. The predicted octanol–water partition coefficient (Wildman–Crippen LogP) is 1.48. The average molecular weight is 275 g/mol. The lowest BCUT2D eigenvalue weighted by atomic mass is 10.3. The fraction of sp³-hybridized carbons (Fsp3) is 0.643. The van der Waals surface area contributed by atoms with E-state index in [0.29, 0.717) is 0 Å². The van der Waals surface area contributed by atoms with Gasteiger partial charge in [0.25, 0.3) is 0 Å². The summed E-state index contributed by atoms with van der Waals surface area (Å²) in [5.74, 6) is 2.88. The lowest BCUT2D eigenvalue weighted by Crippen LogP contribution is -2.37. The van der Waals surface area contributed by atoms with Crippen LogP contribution in [0.2, 0.25) is 0 Å². The SMILES string of the molecule is CCCc1nc(N2CCOCC2)cc2nc(CC)nn12. The van der Waals surface area contributed by atoms with E-state index >= 15 is 0 Å². The van der Waals surface area contributed by atoms with E-state index in [1.807, 2.05) is 10.6 Å². The Kier molecular flexibility index (Phi) is 3.82. The number of hydrogen-bond acceptors (Lipinski definition) is 5. The predicted molar refractivity (Wildman–Crippen MR) is 77.2 cm³/mol. The Hall–Kier alpha value is -1.69. The number of fused-ring (bicyclic) bond motifs is 1. The molecule has 1 fully saturated rings. The summed E-state index contributed by atoms with van der Waals surface area (Å²) in [4.78, 5) is 11.6. The minimum atomic E-state index is 0.767. The van der Waals surface area contributed by atoms with E-state index in [1.165, 1.54) is 0 Å². The number of morpholine rings is 1. The van der Waals surface area contributed by atoms with Crippen LogP contribution in [0.1, 0.15) is 31.9 Å². The normalized spacial score (nSPS) is 16.0. The third kappa shape index (κ3) is 2.47. The van der Waals surface area contributed by atoms with E-state index in [1.54, 1.807) is 0 Å². The van der Waals surface area contributed by atoms with Gasteiger partial charge in [0.05, 0.1) is 13.2 Å². The molecule has 0 aromatic carbocycles. The summed E-state index contributed by atoms with van der Waals surface area (Å²) >= 11 is 0. The van der Waals surface area contributed by atoms with Gasteiger partial charge in [0, 0.05) is 32.0 Å². The maximum atomic E-state index is 5.41. The van der Waals surface area contributed by atoms with Gasteiger partial charge in [-0.25, -0.2) is 9.97 Å². The van der Waals surface area contributed by atoms with Gasteiger partial charge in [0.2, 0.25) is 0 Å². The Labute approximate surface area is 118 Å². The number of hydrogen-bond donors (Lipinski definition) is 0. The highest BCUT2D eigenvalue weighted by atomic mass is 16.5. The maximum Gasteiger partial charge on any atom is 0.161 e. The van der Waals surface area contributed by atoms with Crippen molar-refractivity contribution in [3.05, 3.63) is 17.7 Å². The van der Waals surface area contributed by atoms with Crippen LogP contribution in [-0.2, 0) is 17.6 Å². The summed E-state index contributed by atoms with van der Waals surface area (Å²) in [6.07, 6.45) is 2.82. The van der Waals surface area contributed by atoms with E-state index in [9.17, 15) is 0 Å². The molecule has 20 heavy (non-hydrogen) atoms. The van der Waals surface area contributed by atoms with E-state index in [-0.39, 0.29) is 0 Å². The second kappa shape index (κ2) is 5.75. The van der Waals surface area contributed by atoms with Crippen LogP contribution in [-0.4, -0.2) is 45.9 Å². The van der Waals surface area contributed by atoms with Crippen molar-refractivity contribution >= 4 is 11.5 Å². The van der Waals surface area contributed by atoms with E-state index in [0.717, 1.165) is 68.7 Å². The molecule has 0 unspecified atom stereocenters. The molecular formula is C14H21N5O. The van der Waals surface area contributed by atoms with Crippen molar-refractivity contribution in [2.24, 2.45) is 0 Å². The molecule has 6 nitrogen and oxygen atoms in total. The molecule has 0 N–H and O–H groups in total. The zero-order chi connectivity index (χ0) is 13.9. The molecule has 0 bridgehead atoms. The molecule has 1 saturated heterocycles. The highest BCUT2D eigenvalue weighted by molar-refractivity contribution is 5.52. The van der Waals surface area contributed by atoms with Crippen LogP contribution in [0.25, 0.3) is 5.65 Å². The van der Waals surface area contributed by atoms with Gasteiger partial charge < -0.3 is 9.64 Å². The van der Waals surface area contributed by atoms with Crippen molar-refractivity contribution in [2.75, 3.05) is 31.2 Å². The third-order valence-corrected chi connectivity index (χ3v) is 3.55. The van der Waals surface area contributed by atoms with Crippen LogP contribution >= 0.6 is 0 Å². The summed E-state index contributed by atoms with van der Waals surface area (Å²) in [5, 5.41) is 4.54. The van der Waals surface area contributed by atoms with Gasteiger partial charge in [0.15, 0.2) is 11.5 Å². The molecule has 108 valence electrons. The minimum Gasteiger partial charge on any atom is -0.378 e. The fourth-order valence-corrected chi connectivity index (χ4v) is 2.47. The number of rotatable bonds is 4. The molecular weight excluding hydrogens is 254 g/mol. The Bertz CT molecular complexity index is 589. The zero-order valence-corrected chi connectivity index (χ0v) is 12.2. The summed E-state index contributed by atoms with van der Waals surface area (Å²) < 4.78 is 7.30. The lowest BCUT2D eigenvalue weighted by molar-refractivity contribution is 0.122. The smallest absolute Gasteiger partial charge is 0.161 e. The van der Waals surface area contributed by atoms with Gasteiger partial charge in [-0.15, -0.1) is 5.10 Å². The van der Waals surface area contributed by atoms with E-state index in [4.69, 9.17) is 9.72 Å². The second-order valence-electron chi connectivity index (χ2n) is 5.03. The van der Waals surface area contributed by atoms with Crippen LogP contribution in [0.5, 0.6) is 0 Å². The summed E-state index contributed by atoms with van der Waals surface area (Å²) in [6.45, 7) is 7.55. The molecule has 6 heteroatoms. The molecule has 0 aliphatic carbocycles. The standard InChI is InChI=1S/C14H21N5O/c1-3-5-12-16-13(18-6-8-20-9-7-18)10-14-15-11(4-2)17-19(12)14/h10H,3-9H2,1-2H3. The fourth-order valence-electron chi connectivity index (χ4n) is 2.47.